The molecular formula is C21H21N3O3S. The third-order valence-electron chi connectivity index (χ3n) is 4.55. The van der Waals surface area contributed by atoms with Crippen molar-refractivity contribution in [1.82, 2.24) is 15.6 Å². The van der Waals surface area contributed by atoms with Crippen molar-refractivity contribution in [1.29, 1.82) is 0 Å². The van der Waals surface area contributed by atoms with Gasteiger partial charge in [-0.05, 0) is 36.6 Å². The van der Waals surface area contributed by atoms with Crippen LogP contribution in [-0.2, 0) is 10.5 Å². The van der Waals surface area contributed by atoms with Crippen LogP contribution in [0.15, 0.2) is 58.2 Å². The number of para-hydroxylation sites is 2. The number of thioether (sulfide) groups is 1. The maximum Gasteiger partial charge on any atom is 0.257 e. The van der Waals surface area contributed by atoms with Gasteiger partial charge in [0.1, 0.15) is 5.52 Å². The number of carbonyl (C=O) groups is 2. The number of nitrogens with one attached hydrogen (secondary N) is 2. The summed E-state index contributed by atoms with van der Waals surface area (Å²) in [6, 6.07) is 15.1. The van der Waals surface area contributed by atoms with Crippen molar-refractivity contribution in [3.8, 4) is 0 Å². The molecule has 6 nitrogen and oxygen atoms in total. The van der Waals surface area contributed by atoms with E-state index in [9.17, 15) is 9.59 Å². The fourth-order valence-electron chi connectivity index (χ4n) is 2.87. The van der Waals surface area contributed by atoms with E-state index in [1.165, 1.54) is 11.8 Å². The summed E-state index contributed by atoms with van der Waals surface area (Å²) in [5, 5.41) is 6.30. The smallest absolute Gasteiger partial charge is 0.257 e. The lowest BCUT2D eigenvalue weighted by Gasteiger charge is -2.10. The topological polar surface area (TPSA) is 84.2 Å². The number of fused-ring (bicyclic) bond motifs is 1. The maximum atomic E-state index is 12.5. The van der Waals surface area contributed by atoms with Gasteiger partial charge in [0.2, 0.25) is 5.91 Å². The van der Waals surface area contributed by atoms with Crippen molar-refractivity contribution >= 4 is 34.7 Å². The summed E-state index contributed by atoms with van der Waals surface area (Å²) >= 11 is 1.46. The number of hydrogen-bond donors (Lipinski definition) is 2. The highest BCUT2D eigenvalue weighted by molar-refractivity contribution is 7.98. The molecule has 1 aliphatic carbocycles. The molecule has 3 aromatic rings. The van der Waals surface area contributed by atoms with E-state index >= 15 is 0 Å². The summed E-state index contributed by atoms with van der Waals surface area (Å²) in [4.78, 5) is 28.6. The highest BCUT2D eigenvalue weighted by Crippen LogP contribution is 2.28. The van der Waals surface area contributed by atoms with E-state index in [1.54, 1.807) is 6.07 Å². The van der Waals surface area contributed by atoms with Crippen molar-refractivity contribution in [2.24, 2.45) is 5.92 Å². The molecule has 1 aromatic heterocycles. The van der Waals surface area contributed by atoms with Crippen LogP contribution in [0.25, 0.3) is 11.1 Å². The van der Waals surface area contributed by atoms with Crippen molar-refractivity contribution < 1.29 is 14.0 Å². The third-order valence-corrected chi connectivity index (χ3v) is 5.42. The first-order chi connectivity index (χ1) is 13.7. The molecule has 0 saturated heterocycles. The van der Waals surface area contributed by atoms with Gasteiger partial charge in [-0.15, -0.1) is 0 Å². The molecule has 1 heterocycles. The van der Waals surface area contributed by atoms with Crippen LogP contribution in [0.3, 0.4) is 0 Å². The summed E-state index contributed by atoms with van der Waals surface area (Å²) in [5.41, 5.74) is 3.11. The van der Waals surface area contributed by atoms with Crippen molar-refractivity contribution in [2.45, 2.75) is 23.8 Å². The van der Waals surface area contributed by atoms with Gasteiger partial charge < -0.3 is 15.1 Å². The molecule has 1 saturated carbocycles. The molecule has 0 atom stereocenters. The molecule has 4 rings (SSSR count). The Kier molecular flexibility index (Phi) is 5.62. The molecule has 0 bridgehead atoms. The monoisotopic (exact) mass is 395 g/mol. The van der Waals surface area contributed by atoms with E-state index in [2.05, 4.69) is 15.6 Å². The summed E-state index contributed by atoms with van der Waals surface area (Å²) < 4.78 is 5.73. The molecule has 1 aliphatic rings. The second-order valence-corrected chi connectivity index (χ2v) is 7.64. The number of carbonyl (C=O) groups excluding carboxylic acids is 2. The Morgan fingerprint density at radius 2 is 1.79 bits per heavy atom. The third kappa shape index (κ3) is 4.54. The first-order valence-corrected chi connectivity index (χ1v) is 10.3. The van der Waals surface area contributed by atoms with Gasteiger partial charge in [-0.1, -0.05) is 42.1 Å². The van der Waals surface area contributed by atoms with Crippen LogP contribution >= 0.6 is 11.8 Å². The predicted octanol–water partition coefficient (Wildman–Crippen LogP) is 3.38. The lowest BCUT2D eigenvalue weighted by molar-refractivity contribution is -0.122. The molecule has 144 valence electrons. The van der Waals surface area contributed by atoms with Crippen molar-refractivity contribution in [3.63, 3.8) is 0 Å². The molecule has 2 aromatic carbocycles. The van der Waals surface area contributed by atoms with Crippen molar-refractivity contribution in [3.05, 3.63) is 59.7 Å². The maximum absolute atomic E-state index is 12.5. The van der Waals surface area contributed by atoms with E-state index in [-0.39, 0.29) is 17.7 Å². The Balaban J connectivity index is 1.33. The molecule has 0 unspecified atom stereocenters. The molecule has 2 amide bonds. The number of nitrogens with zero attached hydrogens (tertiary/aromatic N) is 1. The van der Waals surface area contributed by atoms with Gasteiger partial charge in [0.05, 0.1) is 0 Å². The zero-order valence-corrected chi connectivity index (χ0v) is 16.1. The highest BCUT2D eigenvalue weighted by atomic mass is 32.2. The van der Waals surface area contributed by atoms with Crippen LogP contribution in [0.5, 0.6) is 0 Å². The first kappa shape index (κ1) is 18.6. The van der Waals surface area contributed by atoms with Crippen LogP contribution in [0.2, 0.25) is 0 Å². The second-order valence-electron chi connectivity index (χ2n) is 6.71. The SMILES string of the molecule is O=C(NCCNC(=O)C1CC1)c1ccccc1CSc1nc2ccccc2o1. The Morgan fingerprint density at radius 1 is 1.04 bits per heavy atom. The molecule has 1 fully saturated rings. The fourth-order valence-corrected chi connectivity index (χ4v) is 3.71. The Morgan fingerprint density at radius 3 is 2.61 bits per heavy atom. The molecule has 0 aliphatic heterocycles. The molecule has 7 heteroatoms. The van der Waals surface area contributed by atoms with Crippen LogP contribution in [-0.4, -0.2) is 29.9 Å². The highest BCUT2D eigenvalue weighted by Gasteiger charge is 2.29. The van der Waals surface area contributed by atoms with Gasteiger partial charge in [-0.2, -0.15) is 0 Å². The van der Waals surface area contributed by atoms with Gasteiger partial charge in [0.15, 0.2) is 5.58 Å². The average molecular weight is 395 g/mol. The Bertz CT molecular complexity index is 964. The summed E-state index contributed by atoms with van der Waals surface area (Å²) in [5.74, 6) is 0.702. The van der Waals surface area contributed by atoms with Gasteiger partial charge in [-0.25, -0.2) is 4.98 Å². The zero-order chi connectivity index (χ0) is 19.3. The minimum absolute atomic E-state index is 0.0874. The van der Waals surface area contributed by atoms with Gasteiger partial charge in [0, 0.05) is 30.3 Å². The second kappa shape index (κ2) is 8.48. The van der Waals surface area contributed by atoms with Crippen molar-refractivity contribution in [2.75, 3.05) is 13.1 Å². The largest absolute Gasteiger partial charge is 0.431 e. The molecule has 2 N–H and O–H groups in total. The van der Waals surface area contributed by atoms with Crippen LogP contribution in [0.1, 0.15) is 28.8 Å². The molecule has 0 spiro atoms. The van der Waals surface area contributed by atoms with Gasteiger partial charge in [-0.3, -0.25) is 9.59 Å². The standard InChI is InChI=1S/C21H21N3O3S/c25-19(14-9-10-14)22-11-12-23-20(26)16-6-2-1-5-15(16)13-28-21-24-17-7-3-4-8-18(17)27-21/h1-8,14H,9-13H2,(H,22,25)(H,23,26). The van der Waals surface area contributed by atoms with E-state index in [1.807, 2.05) is 42.5 Å². The number of amides is 2. The average Bonchev–Trinajstić information content (AvgIpc) is 3.49. The van der Waals surface area contributed by atoms with Gasteiger partial charge >= 0.3 is 0 Å². The van der Waals surface area contributed by atoms with Crippen LogP contribution in [0, 0.1) is 5.92 Å². The number of benzene rings is 2. The Labute approximate surface area is 167 Å². The summed E-state index contributed by atoms with van der Waals surface area (Å²) in [7, 11) is 0. The summed E-state index contributed by atoms with van der Waals surface area (Å²) in [6.45, 7) is 0.852. The first-order valence-electron chi connectivity index (χ1n) is 9.33. The molecular weight excluding hydrogens is 374 g/mol. The number of aromatic nitrogens is 1. The molecule has 28 heavy (non-hydrogen) atoms. The lowest BCUT2D eigenvalue weighted by atomic mass is 10.1. The van der Waals surface area contributed by atoms with E-state index in [0.717, 1.165) is 29.5 Å². The Hall–Kier alpha value is -2.80. The van der Waals surface area contributed by atoms with E-state index < -0.39 is 0 Å². The summed E-state index contributed by atoms with van der Waals surface area (Å²) in [6.07, 6.45) is 1.95. The number of hydrogen-bond acceptors (Lipinski definition) is 5. The van der Waals surface area contributed by atoms with Crippen LogP contribution < -0.4 is 10.6 Å². The predicted molar refractivity (Wildman–Crippen MR) is 108 cm³/mol. The minimum atomic E-state index is -0.144. The zero-order valence-electron chi connectivity index (χ0n) is 15.3. The normalized spacial score (nSPS) is 13.4. The lowest BCUT2D eigenvalue weighted by Crippen LogP contribution is -2.35. The quantitative estimate of drug-likeness (QED) is 0.451. The van der Waals surface area contributed by atoms with E-state index in [4.69, 9.17) is 4.42 Å². The minimum Gasteiger partial charge on any atom is -0.431 e. The van der Waals surface area contributed by atoms with Crippen LogP contribution in [0.4, 0.5) is 0 Å². The number of rotatable bonds is 8. The molecule has 0 radical (unpaired) electrons. The van der Waals surface area contributed by atoms with Gasteiger partial charge in [0.25, 0.3) is 11.1 Å². The fraction of sp³-hybridized carbons (Fsp3) is 0.286. The van der Waals surface area contributed by atoms with E-state index in [0.29, 0.717) is 29.6 Å². The number of oxazole rings is 1.